The molecule has 5 heteroatoms. The predicted octanol–water partition coefficient (Wildman–Crippen LogP) is 4.09. The molecule has 2 aromatic rings. The summed E-state index contributed by atoms with van der Waals surface area (Å²) < 4.78 is 5.82. The van der Waals surface area contributed by atoms with E-state index in [0.717, 1.165) is 68.6 Å². The van der Waals surface area contributed by atoms with Crippen molar-refractivity contribution in [2.45, 2.75) is 57.5 Å². The summed E-state index contributed by atoms with van der Waals surface area (Å²) in [6, 6.07) is 10.9. The Kier molecular flexibility index (Phi) is 6.13. The van der Waals surface area contributed by atoms with Crippen LogP contribution in [0.3, 0.4) is 0 Å². The fourth-order valence-corrected chi connectivity index (χ4v) is 4.78. The van der Waals surface area contributed by atoms with Crippen LogP contribution >= 0.6 is 0 Å². The molecule has 2 saturated heterocycles. The summed E-state index contributed by atoms with van der Waals surface area (Å²) >= 11 is 0. The summed E-state index contributed by atoms with van der Waals surface area (Å²) in [5.74, 6) is 0.709. The van der Waals surface area contributed by atoms with Crippen LogP contribution in [0, 0.1) is 18.3 Å². The fourth-order valence-electron chi connectivity index (χ4n) is 4.78. The zero-order valence-corrected chi connectivity index (χ0v) is 17.2. The Labute approximate surface area is 173 Å². The number of benzene rings is 1. The Balaban J connectivity index is 1.72. The Hall–Kier alpha value is -2.42. The number of nitrogen functional groups attached to an aromatic ring is 1. The maximum atomic E-state index is 9.71. The second-order valence-electron chi connectivity index (χ2n) is 8.28. The number of pyridine rings is 1. The maximum absolute atomic E-state index is 9.71. The van der Waals surface area contributed by atoms with Gasteiger partial charge in [-0.25, -0.2) is 4.98 Å². The van der Waals surface area contributed by atoms with E-state index in [4.69, 9.17) is 10.5 Å². The van der Waals surface area contributed by atoms with Gasteiger partial charge in [0.05, 0.1) is 17.4 Å². The standard InChI is InChI=1S/C24H30N4O/c1-16-4-2-5-18(7-8-19-6-3-13-29-19)23(16)22-14-20(17-9-11-27-12-10-17)21(15-25)24(26)28-22/h2,4-5,14,17,19,27H,3,6-13H2,1H3,(H2,26,28). The van der Waals surface area contributed by atoms with Gasteiger partial charge in [0, 0.05) is 12.2 Å². The van der Waals surface area contributed by atoms with Gasteiger partial charge < -0.3 is 15.8 Å². The molecule has 0 saturated carbocycles. The largest absolute Gasteiger partial charge is 0.383 e. The number of ether oxygens (including phenoxy) is 1. The molecule has 0 bridgehead atoms. The van der Waals surface area contributed by atoms with Crippen molar-refractivity contribution in [1.29, 1.82) is 5.26 Å². The van der Waals surface area contributed by atoms with Crippen molar-refractivity contribution in [3.63, 3.8) is 0 Å². The number of nitrogens with one attached hydrogen (secondary N) is 1. The predicted molar refractivity (Wildman–Crippen MR) is 116 cm³/mol. The minimum atomic E-state index is 0.354. The number of nitrogens with zero attached hydrogens (tertiary/aromatic N) is 2. The van der Waals surface area contributed by atoms with Gasteiger partial charge in [0.2, 0.25) is 0 Å². The van der Waals surface area contributed by atoms with E-state index in [1.807, 2.05) is 0 Å². The Bertz CT molecular complexity index is 906. The second-order valence-corrected chi connectivity index (χ2v) is 8.28. The zero-order valence-electron chi connectivity index (χ0n) is 17.2. The van der Waals surface area contributed by atoms with E-state index in [1.54, 1.807) is 0 Å². The summed E-state index contributed by atoms with van der Waals surface area (Å²) in [5.41, 5.74) is 12.4. The lowest BCUT2D eigenvalue weighted by atomic mass is 9.85. The van der Waals surface area contributed by atoms with Crippen LogP contribution in [0.5, 0.6) is 0 Å². The molecule has 3 heterocycles. The summed E-state index contributed by atoms with van der Waals surface area (Å²) in [6.45, 7) is 4.97. The molecule has 2 fully saturated rings. The van der Waals surface area contributed by atoms with Crippen LogP contribution in [0.25, 0.3) is 11.3 Å². The number of hydrogen-bond donors (Lipinski definition) is 2. The SMILES string of the molecule is Cc1cccc(CCC2CCCO2)c1-c1cc(C2CCNCC2)c(C#N)c(N)n1. The molecule has 5 nitrogen and oxygen atoms in total. The van der Waals surface area contributed by atoms with Gasteiger partial charge in [-0.15, -0.1) is 0 Å². The highest BCUT2D eigenvalue weighted by Gasteiger charge is 2.23. The van der Waals surface area contributed by atoms with Gasteiger partial charge in [0.15, 0.2) is 0 Å². The second kappa shape index (κ2) is 8.94. The Morgan fingerprint density at radius 2 is 2.10 bits per heavy atom. The van der Waals surface area contributed by atoms with Gasteiger partial charge in [-0.05, 0) is 87.2 Å². The molecule has 4 rings (SSSR count). The first-order valence-electron chi connectivity index (χ1n) is 10.8. The number of anilines is 1. The van der Waals surface area contributed by atoms with Crippen LogP contribution in [0.4, 0.5) is 5.82 Å². The van der Waals surface area contributed by atoms with Crippen molar-refractivity contribution < 1.29 is 4.74 Å². The monoisotopic (exact) mass is 390 g/mol. The third-order valence-electron chi connectivity index (χ3n) is 6.34. The van der Waals surface area contributed by atoms with Crippen molar-refractivity contribution in [3.05, 3.63) is 46.5 Å². The van der Waals surface area contributed by atoms with Gasteiger partial charge in [0.25, 0.3) is 0 Å². The average molecular weight is 391 g/mol. The van der Waals surface area contributed by atoms with E-state index in [-0.39, 0.29) is 0 Å². The Morgan fingerprint density at radius 1 is 1.28 bits per heavy atom. The van der Waals surface area contributed by atoms with Crippen molar-refractivity contribution in [2.24, 2.45) is 0 Å². The van der Waals surface area contributed by atoms with Crippen LogP contribution in [0.2, 0.25) is 0 Å². The van der Waals surface area contributed by atoms with Crippen LogP contribution < -0.4 is 11.1 Å². The lowest BCUT2D eigenvalue weighted by molar-refractivity contribution is 0.104. The first kappa shape index (κ1) is 19.9. The van der Waals surface area contributed by atoms with E-state index in [2.05, 4.69) is 47.6 Å². The molecule has 1 unspecified atom stereocenters. The Morgan fingerprint density at radius 3 is 2.83 bits per heavy atom. The summed E-state index contributed by atoms with van der Waals surface area (Å²) in [5, 5.41) is 13.1. The van der Waals surface area contributed by atoms with Crippen LogP contribution in [-0.2, 0) is 11.2 Å². The van der Waals surface area contributed by atoms with E-state index in [1.165, 1.54) is 17.5 Å². The highest BCUT2D eigenvalue weighted by atomic mass is 16.5. The molecule has 1 aromatic carbocycles. The number of hydrogen-bond acceptors (Lipinski definition) is 5. The van der Waals surface area contributed by atoms with Gasteiger partial charge in [-0.3, -0.25) is 0 Å². The van der Waals surface area contributed by atoms with Gasteiger partial charge >= 0.3 is 0 Å². The molecule has 0 spiro atoms. The molecule has 0 radical (unpaired) electrons. The number of piperidine rings is 1. The fraction of sp³-hybridized carbons (Fsp3) is 0.500. The molecular formula is C24H30N4O. The topological polar surface area (TPSA) is 84.0 Å². The average Bonchev–Trinajstić information content (AvgIpc) is 3.26. The van der Waals surface area contributed by atoms with Crippen LogP contribution in [-0.4, -0.2) is 30.8 Å². The number of nitriles is 1. The van der Waals surface area contributed by atoms with E-state index in [0.29, 0.717) is 23.4 Å². The number of rotatable bonds is 5. The maximum Gasteiger partial charge on any atom is 0.142 e. The quantitative estimate of drug-likeness (QED) is 0.803. The first-order chi connectivity index (χ1) is 14.2. The molecule has 152 valence electrons. The highest BCUT2D eigenvalue weighted by Crippen LogP contribution is 2.35. The van der Waals surface area contributed by atoms with Gasteiger partial charge in [0.1, 0.15) is 11.9 Å². The molecule has 1 atom stereocenters. The van der Waals surface area contributed by atoms with E-state index < -0.39 is 0 Å². The zero-order chi connectivity index (χ0) is 20.2. The van der Waals surface area contributed by atoms with E-state index in [9.17, 15) is 5.26 Å². The molecule has 3 N–H and O–H groups in total. The third-order valence-corrected chi connectivity index (χ3v) is 6.34. The number of aromatic nitrogens is 1. The third kappa shape index (κ3) is 4.29. The minimum absolute atomic E-state index is 0.354. The molecule has 1 aromatic heterocycles. The molecule has 2 aliphatic heterocycles. The van der Waals surface area contributed by atoms with Gasteiger partial charge in [-0.2, -0.15) is 5.26 Å². The van der Waals surface area contributed by atoms with Crippen LogP contribution in [0.15, 0.2) is 24.3 Å². The molecule has 29 heavy (non-hydrogen) atoms. The van der Waals surface area contributed by atoms with Crippen molar-refractivity contribution in [2.75, 3.05) is 25.4 Å². The summed E-state index contributed by atoms with van der Waals surface area (Å²) in [4.78, 5) is 4.68. The number of nitrogens with two attached hydrogens (primary N) is 1. The summed E-state index contributed by atoms with van der Waals surface area (Å²) in [7, 11) is 0. The number of aryl methyl sites for hydroxylation is 2. The molecule has 0 aliphatic carbocycles. The minimum Gasteiger partial charge on any atom is -0.383 e. The van der Waals surface area contributed by atoms with Crippen molar-refractivity contribution in [1.82, 2.24) is 10.3 Å². The van der Waals surface area contributed by atoms with Gasteiger partial charge in [-0.1, -0.05) is 18.2 Å². The highest BCUT2D eigenvalue weighted by molar-refractivity contribution is 5.72. The molecule has 2 aliphatic rings. The van der Waals surface area contributed by atoms with Crippen molar-refractivity contribution >= 4 is 5.82 Å². The van der Waals surface area contributed by atoms with Crippen molar-refractivity contribution in [3.8, 4) is 17.3 Å². The van der Waals surface area contributed by atoms with E-state index >= 15 is 0 Å². The molecular weight excluding hydrogens is 360 g/mol. The summed E-state index contributed by atoms with van der Waals surface area (Å²) in [6.07, 6.45) is 6.73. The van der Waals surface area contributed by atoms with Crippen LogP contribution in [0.1, 0.15) is 60.3 Å². The smallest absolute Gasteiger partial charge is 0.142 e. The first-order valence-corrected chi connectivity index (χ1v) is 10.8. The lowest BCUT2D eigenvalue weighted by Gasteiger charge is -2.25. The lowest BCUT2D eigenvalue weighted by Crippen LogP contribution is -2.27. The normalized spacial score (nSPS) is 19.9. The molecule has 0 amide bonds.